The van der Waals surface area contributed by atoms with Crippen molar-refractivity contribution in [2.45, 2.75) is 19.9 Å². The van der Waals surface area contributed by atoms with Gasteiger partial charge < -0.3 is 14.1 Å². The molecule has 7 heteroatoms. The highest BCUT2D eigenvalue weighted by Crippen LogP contribution is 2.27. The van der Waals surface area contributed by atoms with Crippen molar-refractivity contribution in [3.05, 3.63) is 59.9 Å². The second-order valence-corrected chi connectivity index (χ2v) is 5.90. The van der Waals surface area contributed by atoms with Crippen LogP contribution < -0.4 is 4.74 Å². The Morgan fingerprint density at radius 2 is 2.19 bits per heavy atom. The predicted octanol–water partition coefficient (Wildman–Crippen LogP) is 2.73. The van der Waals surface area contributed by atoms with Gasteiger partial charge in [0, 0.05) is 31.6 Å². The van der Waals surface area contributed by atoms with Crippen LogP contribution in [0.25, 0.3) is 11.5 Å². The van der Waals surface area contributed by atoms with E-state index >= 15 is 0 Å². The summed E-state index contributed by atoms with van der Waals surface area (Å²) in [6.07, 6.45) is 5.66. The first-order chi connectivity index (χ1) is 12.8. The van der Waals surface area contributed by atoms with Crippen LogP contribution in [0, 0.1) is 0 Å². The van der Waals surface area contributed by atoms with Gasteiger partial charge in [0.2, 0.25) is 11.8 Å². The molecule has 0 saturated carbocycles. The molecule has 4 rings (SSSR count). The summed E-state index contributed by atoms with van der Waals surface area (Å²) in [5.41, 5.74) is 2.07. The summed E-state index contributed by atoms with van der Waals surface area (Å²) < 4.78 is 11.3. The molecule has 0 fully saturated rings. The zero-order chi connectivity index (χ0) is 17.9. The van der Waals surface area contributed by atoms with Crippen LogP contribution in [0.2, 0.25) is 0 Å². The van der Waals surface area contributed by atoms with Gasteiger partial charge in [-0.15, -0.1) is 0 Å². The van der Waals surface area contributed by atoms with Crippen molar-refractivity contribution in [2.75, 3.05) is 13.2 Å². The van der Waals surface area contributed by atoms with Gasteiger partial charge >= 0.3 is 0 Å². The van der Waals surface area contributed by atoms with Crippen molar-refractivity contribution in [1.82, 2.24) is 19.9 Å². The molecule has 1 aliphatic heterocycles. The first-order valence-corrected chi connectivity index (χ1v) is 8.52. The molecule has 0 saturated heterocycles. The van der Waals surface area contributed by atoms with E-state index in [1.54, 1.807) is 35.6 Å². The summed E-state index contributed by atoms with van der Waals surface area (Å²) in [4.78, 5) is 27.5. The van der Waals surface area contributed by atoms with Gasteiger partial charge in [0.1, 0.15) is 17.0 Å². The minimum Gasteiger partial charge on any atom is -0.477 e. The highest BCUT2D eigenvalue weighted by Gasteiger charge is 2.28. The van der Waals surface area contributed by atoms with Crippen molar-refractivity contribution in [3.63, 3.8) is 0 Å². The molecular weight excluding hydrogens is 332 g/mol. The first kappa shape index (κ1) is 16.3. The normalized spacial score (nSPS) is 13.3. The molecule has 1 aliphatic rings. The Balaban J connectivity index is 1.57. The number of ether oxygens (including phenoxy) is 1. The van der Waals surface area contributed by atoms with Crippen LogP contribution in [0.1, 0.15) is 28.7 Å². The quantitative estimate of drug-likeness (QED) is 0.720. The molecule has 0 N–H and O–H groups in total. The van der Waals surface area contributed by atoms with E-state index < -0.39 is 0 Å². The number of nitrogens with zero attached hydrogens (tertiary/aromatic N) is 4. The fourth-order valence-corrected chi connectivity index (χ4v) is 2.96. The molecule has 0 aromatic carbocycles. The molecule has 0 radical (unpaired) electrons. The lowest BCUT2D eigenvalue weighted by molar-refractivity contribution is 0.0723. The van der Waals surface area contributed by atoms with Gasteiger partial charge in [0.25, 0.3) is 5.91 Å². The van der Waals surface area contributed by atoms with Crippen molar-refractivity contribution >= 4 is 5.91 Å². The third kappa shape index (κ3) is 3.03. The Morgan fingerprint density at radius 3 is 3.00 bits per heavy atom. The summed E-state index contributed by atoms with van der Waals surface area (Å²) in [7, 11) is 0. The molecule has 0 unspecified atom stereocenters. The first-order valence-electron chi connectivity index (χ1n) is 8.52. The monoisotopic (exact) mass is 350 g/mol. The molecule has 1 amide bonds. The minimum atomic E-state index is -0.113. The summed E-state index contributed by atoms with van der Waals surface area (Å²) in [6, 6.07) is 7.21. The van der Waals surface area contributed by atoms with Gasteiger partial charge in [-0.2, -0.15) is 0 Å². The average Bonchev–Trinajstić information content (AvgIpc) is 3.12. The number of fused-ring (bicyclic) bond motifs is 1. The van der Waals surface area contributed by atoms with Crippen LogP contribution in [0.5, 0.6) is 5.88 Å². The maximum absolute atomic E-state index is 12.9. The molecular formula is C19H18N4O3. The van der Waals surface area contributed by atoms with Crippen molar-refractivity contribution in [3.8, 4) is 17.3 Å². The number of hydrogen-bond donors (Lipinski definition) is 0. The zero-order valence-electron chi connectivity index (χ0n) is 14.4. The molecule has 4 heterocycles. The predicted molar refractivity (Wildman–Crippen MR) is 93.6 cm³/mol. The number of carbonyl (C=O) groups is 1. The molecule has 0 aliphatic carbocycles. The number of rotatable bonds is 4. The van der Waals surface area contributed by atoms with Gasteiger partial charge in [-0.1, -0.05) is 0 Å². The van der Waals surface area contributed by atoms with Crippen molar-refractivity contribution < 1.29 is 13.9 Å². The molecule has 7 nitrogen and oxygen atoms in total. The van der Waals surface area contributed by atoms with Crippen LogP contribution in [-0.2, 0) is 13.0 Å². The number of oxazole rings is 1. The van der Waals surface area contributed by atoms with E-state index in [0.717, 1.165) is 17.0 Å². The number of carbonyl (C=O) groups excluding carboxylic acids is 1. The average molecular weight is 350 g/mol. The Kier molecular flexibility index (Phi) is 4.35. The van der Waals surface area contributed by atoms with E-state index in [1.165, 1.54) is 0 Å². The fraction of sp³-hybridized carbons (Fsp3) is 0.263. The third-order valence-corrected chi connectivity index (χ3v) is 4.21. The third-order valence-electron chi connectivity index (χ3n) is 4.21. The van der Waals surface area contributed by atoms with E-state index in [2.05, 4.69) is 15.0 Å². The highest BCUT2D eigenvalue weighted by molar-refractivity contribution is 5.96. The largest absolute Gasteiger partial charge is 0.477 e. The smallest absolute Gasteiger partial charge is 0.259 e. The number of aromatic nitrogens is 3. The van der Waals surface area contributed by atoms with E-state index in [9.17, 15) is 4.79 Å². The topological polar surface area (TPSA) is 81.4 Å². The lowest BCUT2D eigenvalue weighted by Gasteiger charge is -2.25. The Bertz CT molecular complexity index is 924. The van der Waals surface area contributed by atoms with Crippen LogP contribution in [0.3, 0.4) is 0 Å². The van der Waals surface area contributed by atoms with E-state index in [-0.39, 0.29) is 5.91 Å². The van der Waals surface area contributed by atoms with E-state index in [0.29, 0.717) is 43.5 Å². The van der Waals surface area contributed by atoms with E-state index in [1.807, 2.05) is 19.1 Å². The molecule has 26 heavy (non-hydrogen) atoms. The van der Waals surface area contributed by atoms with Crippen LogP contribution >= 0.6 is 0 Å². The number of amides is 1. The summed E-state index contributed by atoms with van der Waals surface area (Å²) in [5.74, 6) is 1.61. The van der Waals surface area contributed by atoms with Gasteiger partial charge in [0.15, 0.2) is 0 Å². The molecule has 3 aromatic rings. The maximum Gasteiger partial charge on any atom is 0.259 e. The zero-order valence-corrected chi connectivity index (χ0v) is 14.4. The van der Waals surface area contributed by atoms with Gasteiger partial charge in [-0.3, -0.25) is 9.78 Å². The number of hydrogen-bond acceptors (Lipinski definition) is 6. The minimum absolute atomic E-state index is 0.113. The van der Waals surface area contributed by atoms with Crippen LogP contribution in [0.4, 0.5) is 0 Å². The second kappa shape index (κ2) is 6.95. The van der Waals surface area contributed by atoms with Crippen molar-refractivity contribution in [1.29, 1.82) is 0 Å². The summed E-state index contributed by atoms with van der Waals surface area (Å²) in [5, 5.41) is 0. The van der Waals surface area contributed by atoms with Gasteiger partial charge in [0.05, 0.1) is 18.7 Å². The lowest BCUT2D eigenvalue weighted by atomic mass is 10.1. The Labute approximate surface area is 150 Å². The molecule has 132 valence electrons. The summed E-state index contributed by atoms with van der Waals surface area (Å²) >= 11 is 0. The number of pyridine rings is 2. The van der Waals surface area contributed by atoms with Crippen LogP contribution in [0.15, 0.2) is 47.3 Å². The highest BCUT2D eigenvalue weighted by atomic mass is 16.5. The maximum atomic E-state index is 12.9. The second-order valence-electron chi connectivity index (χ2n) is 5.90. The molecule has 0 bridgehead atoms. The fourth-order valence-electron chi connectivity index (χ4n) is 2.96. The Hall–Kier alpha value is -3.22. The van der Waals surface area contributed by atoms with Crippen LogP contribution in [-0.4, -0.2) is 38.9 Å². The molecule has 0 spiro atoms. The molecule has 3 aromatic heterocycles. The van der Waals surface area contributed by atoms with Gasteiger partial charge in [-0.25, -0.2) is 9.97 Å². The summed E-state index contributed by atoms with van der Waals surface area (Å²) in [6.45, 7) is 3.29. The molecule has 0 atom stereocenters. The van der Waals surface area contributed by atoms with Crippen molar-refractivity contribution in [2.24, 2.45) is 0 Å². The van der Waals surface area contributed by atoms with Gasteiger partial charge in [-0.05, 0) is 31.2 Å². The lowest BCUT2D eigenvalue weighted by Crippen LogP contribution is -2.36. The standard InChI is InChI=1S/C19H18N4O3/c1-2-25-18-14(6-4-9-21-18)19(24)23-10-7-16-15(12-23)22-17(26-16)13-5-3-8-20-11-13/h3-6,8-9,11H,2,7,10,12H2,1H3. The van der Waals surface area contributed by atoms with E-state index in [4.69, 9.17) is 9.15 Å². The Morgan fingerprint density at radius 1 is 1.31 bits per heavy atom. The SMILES string of the molecule is CCOc1ncccc1C(=O)N1CCc2oc(-c3cccnc3)nc2C1.